The van der Waals surface area contributed by atoms with E-state index in [1.54, 1.807) is 0 Å². The second kappa shape index (κ2) is 5.04. The molecule has 1 fully saturated rings. The molecule has 110 valence electrons. The first-order valence-electron chi connectivity index (χ1n) is 7.48. The Kier molecular flexibility index (Phi) is 3.03. The van der Waals surface area contributed by atoms with Crippen LogP contribution < -0.4 is 11.1 Å². The minimum Gasteiger partial charge on any atom is -0.399 e. The summed E-state index contributed by atoms with van der Waals surface area (Å²) in [6.45, 7) is 1.70. The van der Waals surface area contributed by atoms with Crippen LogP contribution in [0.4, 0.5) is 11.6 Å². The van der Waals surface area contributed by atoms with E-state index >= 15 is 0 Å². The van der Waals surface area contributed by atoms with E-state index in [1.165, 1.54) is 5.56 Å². The zero-order valence-corrected chi connectivity index (χ0v) is 11.8. The number of nitrogen functional groups attached to an aromatic ring is 1. The number of nitrogens with two attached hydrogens (primary N) is 1. The number of benzene rings is 1. The molecule has 1 aromatic carbocycles. The fraction of sp³-hybridized carbons (Fsp3) is 0.467. The summed E-state index contributed by atoms with van der Waals surface area (Å²) >= 11 is 0. The van der Waals surface area contributed by atoms with Crippen LogP contribution in [0.1, 0.15) is 42.8 Å². The monoisotopic (exact) mass is 285 g/mol. The average Bonchev–Trinajstić information content (AvgIpc) is 3.15. The molecule has 0 spiro atoms. The maximum absolute atomic E-state index is 5.91. The summed E-state index contributed by atoms with van der Waals surface area (Å²) in [4.78, 5) is 4.62. The first kappa shape index (κ1) is 12.6. The van der Waals surface area contributed by atoms with Gasteiger partial charge in [-0.25, -0.2) is 4.68 Å². The first-order chi connectivity index (χ1) is 10.3. The molecule has 2 unspecified atom stereocenters. The van der Waals surface area contributed by atoms with Crippen molar-refractivity contribution in [1.29, 1.82) is 0 Å². The van der Waals surface area contributed by atoms with E-state index in [0.29, 0.717) is 0 Å². The molecular weight excluding hydrogens is 266 g/mol. The van der Waals surface area contributed by atoms with Crippen molar-refractivity contribution < 1.29 is 4.74 Å². The van der Waals surface area contributed by atoms with Crippen molar-refractivity contribution in [1.82, 2.24) is 14.8 Å². The predicted octanol–water partition coefficient (Wildman–Crippen LogP) is 2.12. The predicted molar refractivity (Wildman–Crippen MR) is 80.0 cm³/mol. The number of rotatable bonds is 2. The number of nitrogens with one attached hydrogen (secondary N) is 1. The highest BCUT2D eigenvalue weighted by molar-refractivity contribution is 5.43. The van der Waals surface area contributed by atoms with Crippen molar-refractivity contribution in [2.24, 2.45) is 0 Å². The third kappa shape index (κ3) is 2.25. The normalized spacial score (nSPS) is 24.6. The Balaban J connectivity index is 1.70. The summed E-state index contributed by atoms with van der Waals surface area (Å²) in [5, 5.41) is 8.02. The number of hydrogen-bond donors (Lipinski definition) is 2. The number of ether oxygens (including phenoxy) is 1. The van der Waals surface area contributed by atoms with Gasteiger partial charge in [-0.15, -0.1) is 0 Å². The Hall–Kier alpha value is -2.08. The fourth-order valence-corrected chi connectivity index (χ4v) is 3.11. The van der Waals surface area contributed by atoms with E-state index in [4.69, 9.17) is 15.6 Å². The molecule has 3 heterocycles. The van der Waals surface area contributed by atoms with E-state index in [-0.39, 0.29) is 12.1 Å². The van der Waals surface area contributed by atoms with E-state index in [0.717, 1.165) is 49.9 Å². The molecule has 0 saturated carbocycles. The molecule has 0 amide bonds. The molecule has 0 aliphatic carbocycles. The van der Waals surface area contributed by atoms with Crippen LogP contribution in [0.15, 0.2) is 24.3 Å². The van der Waals surface area contributed by atoms with Gasteiger partial charge in [0.05, 0.1) is 6.04 Å². The number of nitrogens with zero attached hydrogens (tertiary/aromatic N) is 3. The highest BCUT2D eigenvalue weighted by atomic mass is 16.5. The van der Waals surface area contributed by atoms with Crippen LogP contribution in [-0.4, -0.2) is 27.9 Å². The molecule has 2 atom stereocenters. The lowest BCUT2D eigenvalue weighted by atomic mass is 10.0. The van der Waals surface area contributed by atoms with Gasteiger partial charge < -0.3 is 15.8 Å². The van der Waals surface area contributed by atoms with Gasteiger partial charge in [-0.2, -0.15) is 10.1 Å². The molecule has 2 aliphatic heterocycles. The van der Waals surface area contributed by atoms with Gasteiger partial charge in [-0.1, -0.05) is 12.1 Å². The standard InChI is InChI=1S/C15H19N5O/c16-11-4-1-3-10(9-11)12-6-7-17-15-18-14(19-20(12)15)13-5-2-8-21-13/h1,3-4,9,12-13H,2,5-8,16H2,(H,17,18,19). The second-order valence-corrected chi connectivity index (χ2v) is 5.64. The maximum Gasteiger partial charge on any atom is 0.222 e. The average molecular weight is 285 g/mol. The van der Waals surface area contributed by atoms with Crippen LogP contribution in [-0.2, 0) is 4.74 Å². The van der Waals surface area contributed by atoms with Gasteiger partial charge >= 0.3 is 0 Å². The Labute approximate surface area is 123 Å². The zero-order chi connectivity index (χ0) is 14.2. The third-order valence-electron chi connectivity index (χ3n) is 4.16. The molecule has 6 heteroatoms. The van der Waals surface area contributed by atoms with Crippen molar-refractivity contribution in [3.63, 3.8) is 0 Å². The molecule has 6 nitrogen and oxygen atoms in total. The van der Waals surface area contributed by atoms with Crippen molar-refractivity contribution >= 4 is 11.6 Å². The fourth-order valence-electron chi connectivity index (χ4n) is 3.11. The zero-order valence-electron chi connectivity index (χ0n) is 11.8. The van der Waals surface area contributed by atoms with Crippen LogP contribution >= 0.6 is 0 Å². The van der Waals surface area contributed by atoms with E-state index in [9.17, 15) is 0 Å². The van der Waals surface area contributed by atoms with Crippen molar-refractivity contribution in [2.75, 3.05) is 24.2 Å². The Morgan fingerprint density at radius 3 is 3.10 bits per heavy atom. The van der Waals surface area contributed by atoms with Crippen LogP contribution in [0, 0.1) is 0 Å². The summed E-state index contributed by atoms with van der Waals surface area (Å²) in [7, 11) is 0. The molecule has 2 aromatic rings. The Morgan fingerprint density at radius 2 is 2.29 bits per heavy atom. The number of fused-ring (bicyclic) bond motifs is 1. The molecule has 0 radical (unpaired) electrons. The quantitative estimate of drug-likeness (QED) is 0.826. The van der Waals surface area contributed by atoms with Gasteiger partial charge in [-0.05, 0) is 37.0 Å². The number of aromatic nitrogens is 3. The lowest BCUT2D eigenvalue weighted by Gasteiger charge is -2.24. The van der Waals surface area contributed by atoms with Crippen LogP contribution in [0.5, 0.6) is 0 Å². The summed E-state index contributed by atoms with van der Waals surface area (Å²) in [5.41, 5.74) is 7.88. The van der Waals surface area contributed by atoms with Gasteiger partial charge in [0.2, 0.25) is 5.95 Å². The SMILES string of the molecule is Nc1cccc(C2CCNc3nc(C4CCCO4)nn32)c1. The van der Waals surface area contributed by atoms with Gasteiger partial charge in [0.15, 0.2) is 5.82 Å². The van der Waals surface area contributed by atoms with Crippen LogP contribution in [0.2, 0.25) is 0 Å². The molecule has 1 saturated heterocycles. The van der Waals surface area contributed by atoms with Crippen LogP contribution in [0.25, 0.3) is 0 Å². The van der Waals surface area contributed by atoms with Gasteiger partial charge in [0.25, 0.3) is 0 Å². The molecular formula is C15H19N5O. The van der Waals surface area contributed by atoms with E-state index in [2.05, 4.69) is 16.4 Å². The largest absolute Gasteiger partial charge is 0.399 e. The molecule has 0 bridgehead atoms. The maximum atomic E-state index is 5.91. The molecule has 21 heavy (non-hydrogen) atoms. The van der Waals surface area contributed by atoms with Crippen molar-refractivity contribution in [3.05, 3.63) is 35.7 Å². The first-order valence-corrected chi connectivity index (χ1v) is 7.48. The van der Waals surface area contributed by atoms with Gasteiger partial charge in [-0.3, -0.25) is 0 Å². The van der Waals surface area contributed by atoms with Gasteiger partial charge in [0.1, 0.15) is 6.10 Å². The van der Waals surface area contributed by atoms with Crippen molar-refractivity contribution in [2.45, 2.75) is 31.4 Å². The molecule has 3 N–H and O–H groups in total. The molecule has 4 rings (SSSR count). The topological polar surface area (TPSA) is 78.0 Å². The highest BCUT2D eigenvalue weighted by Gasteiger charge is 2.28. The van der Waals surface area contributed by atoms with Gasteiger partial charge in [0, 0.05) is 18.8 Å². The minimum atomic E-state index is 0.0476. The lowest BCUT2D eigenvalue weighted by Crippen LogP contribution is -2.24. The van der Waals surface area contributed by atoms with E-state index in [1.807, 2.05) is 22.9 Å². The molecule has 1 aromatic heterocycles. The summed E-state index contributed by atoms with van der Waals surface area (Å²) in [5.74, 6) is 1.63. The summed E-state index contributed by atoms with van der Waals surface area (Å²) in [6, 6.07) is 8.21. The van der Waals surface area contributed by atoms with Crippen molar-refractivity contribution in [3.8, 4) is 0 Å². The number of anilines is 2. The van der Waals surface area contributed by atoms with Crippen LogP contribution in [0.3, 0.4) is 0 Å². The number of hydrogen-bond acceptors (Lipinski definition) is 5. The highest BCUT2D eigenvalue weighted by Crippen LogP contribution is 2.32. The Bertz CT molecular complexity index is 647. The second-order valence-electron chi connectivity index (χ2n) is 5.64. The summed E-state index contributed by atoms with van der Waals surface area (Å²) < 4.78 is 7.67. The smallest absolute Gasteiger partial charge is 0.222 e. The minimum absolute atomic E-state index is 0.0476. The molecule has 2 aliphatic rings. The summed E-state index contributed by atoms with van der Waals surface area (Å²) in [6.07, 6.45) is 3.11. The Morgan fingerprint density at radius 1 is 1.33 bits per heavy atom. The van der Waals surface area contributed by atoms with E-state index < -0.39 is 0 Å². The lowest BCUT2D eigenvalue weighted by molar-refractivity contribution is 0.105. The third-order valence-corrected chi connectivity index (χ3v) is 4.16.